The maximum Gasteiger partial charge on any atom is 0.143 e. The molecular weight excluding hydrogens is 238 g/mol. The molecule has 0 unspecified atom stereocenters. The monoisotopic (exact) mass is 253 g/mol. The van der Waals surface area contributed by atoms with E-state index in [2.05, 4.69) is 16.4 Å². The van der Waals surface area contributed by atoms with E-state index in [-0.39, 0.29) is 0 Å². The standard InChI is InChI=1S/C15H15N3O/c16-12-13-6-4-9-17-15(13)18-10-5-11-19-14-7-2-1-3-8-14/h1-4,6-9H,5,10-11H2,(H,17,18). The van der Waals surface area contributed by atoms with Crippen LogP contribution in [-0.2, 0) is 0 Å². The highest BCUT2D eigenvalue weighted by atomic mass is 16.5. The third kappa shape index (κ3) is 4.00. The van der Waals surface area contributed by atoms with Crippen molar-refractivity contribution in [1.29, 1.82) is 5.26 Å². The molecule has 4 heteroatoms. The predicted octanol–water partition coefficient (Wildman–Crippen LogP) is 2.83. The Balaban J connectivity index is 1.71. The van der Waals surface area contributed by atoms with Crippen LogP contribution in [0, 0.1) is 11.3 Å². The van der Waals surface area contributed by atoms with Gasteiger partial charge in [-0.1, -0.05) is 18.2 Å². The second-order valence-corrected chi connectivity index (χ2v) is 3.95. The molecule has 0 spiro atoms. The molecule has 2 rings (SSSR count). The molecule has 0 amide bonds. The van der Waals surface area contributed by atoms with Gasteiger partial charge in [-0.2, -0.15) is 5.26 Å². The summed E-state index contributed by atoms with van der Waals surface area (Å²) < 4.78 is 5.58. The van der Waals surface area contributed by atoms with Crippen molar-refractivity contribution in [2.75, 3.05) is 18.5 Å². The molecule has 0 atom stereocenters. The maximum absolute atomic E-state index is 8.92. The van der Waals surface area contributed by atoms with E-state index in [4.69, 9.17) is 10.00 Å². The molecule has 0 aliphatic rings. The van der Waals surface area contributed by atoms with Crippen LogP contribution in [0.4, 0.5) is 5.82 Å². The van der Waals surface area contributed by atoms with Gasteiger partial charge in [0, 0.05) is 12.7 Å². The molecule has 1 N–H and O–H groups in total. The first-order chi connectivity index (χ1) is 9.40. The summed E-state index contributed by atoms with van der Waals surface area (Å²) >= 11 is 0. The van der Waals surface area contributed by atoms with E-state index >= 15 is 0 Å². The summed E-state index contributed by atoms with van der Waals surface area (Å²) in [6.45, 7) is 1.35. The number of benzene rings is 1. The van der Waals surface area contributed by atoms with E-state index in [0.717, 1.165) is 18.7 Å². The van der Waals surface area contributed by atoms with Crippen molar-refractivity contribution in [2.45, 2.75) is 6.42 Å². The molecule has 1 heterocycles. The maximum atomic E-state index is 8.92. The van der Waals surface area contributed by atoms with E-state index in [1.165, 1.54) is 0 Å². The molecule has 0 aliphatic carbocycles. The molecule has 0 fully saturated rings. The van der Waals surface area contributed by atoms with Gasteiger partial charge in [0.1, 0.15) is 17.6 Å². The molecule has 1 aromatic heterocycles. The average molecular weight is 253 g/mol. The van der Waals surface area contributed by atoms with Crippen molar-refractivity contribution in [3.8, 4) is 11.8 Å². The average Bonchev–Trinajstić information content (AvgIpc) is 2.48. The smallest absolute Gasteiger partial charge is 0.143 e. The van der Waals surface area contributed by atoms with Crippen molar-refractivity contribution in [2.24, 2.45) is 0 Å². The zero-order chi connectivity index (χ0) is 13.3. The van der Waals surface area contributed by atoms with Crippen LogP contribution in [0.25, 0.3) is 0 Å². The molecule has 0 bridgehead atoms. The normalized spacial score (nSPS) is 9.63. The molecule has 1 aromatic carbocycles. The highest BCUT2D eigenvalue weighted by Gasteiger charge is 2.00. The molecule has 0 saturated carbocycles. The third-order valence-corrected chi connectivity index (χ3v) is 2.55. The van der Waals surface area contributed by atoms with Gasteiger partial charge in [0.05, 0.1) is 12.2 Å². The van der Waals surface area contributed by atoms with Gasteiger partial charge in [0.25, 0.3) is 0 Å². The molecule has 0 aliphatic heterocycles. The predicted molar refractivity (Wildman–Crippen MR) is 74.0 cm³/mol. The van der Waals surface area contributed by atoms with Crippen LogP contribution in [0.2, 0.25) is 0 Å². The largest absolute Gasteiger partial charge is 0.494 e. The number of hydrogen-bond donors (Lipinski definition) is 1. The SMILES string of the molecule is N#Cc1cccnc1NCCCOc1ccccc1. The Morgan fingerprint density at radius 1 is 1.16 bits per heavy atom. The van der Waals surface area contributed by atoms with Gasteiger partial charge >= 0.3 is 0 Å². The molecule has 4 nitrogen and oxygen atoms in total. The van der Waals surface area contributed by atoms with Gasteiger partial charge < -0.3 is 10.1 Å². The Morgan fingerprint density at radius 3 is 2.79 bits per heavy atom. The van der Waals surface area contributed by atoms with E-state index < -0.39 is 0 Å². The van der Waals surface area contributed by atoms with Crippen molar-refractivity contribution in [3.05, 3.63) is 54.2 Å². The summed E-state index contributed by atoms with van der Waals surface area (Å²) in [4.78, 5) is 4.13. The highest BCUT2D eigenvalue weighted by molar-refractivity contribution is 5.50. The lowest BCUT2D eigenvalue weighted by molar-refractivity contribution is 0.315. The van der Waals surface area contributed by atoms with Gasteiger partial charge in [-0.25, -0.2) is 4.98 Å². The van der Waals surface area contributed by atoms with E-state index in [1.807, 2.05) is 30.3 Å². The van der Waals surface area contributed by atoms with E-state index in [9.17, 15) is 0 Å². The van der Waals surface area contributed by atoms with Crippen molar-refractivity contribution >= 4 is 5.82 Å². The van der Waals surface area contributed by atoms with Gasteiger partial charge in [0.15, 0.2) is 0 Å². The lowest BCUT2D eigenvalue weighted by atomic mass is 10.3. The Hall–Kier alpha value is -2.54. The highest BCUT2D eigenvalue weighted by Crippen LogP contribution is 2.10. The van der Waals surface area contributed by atoms with Crippen LogP contribution in [-0.4, -0.2) is 18.1 Å². The van der Waals surface area contributed by atoms with Crippen molar-refractivity contribution in [1.82, 2.24) is 4.98 Å². The Kier molecular flexibility index (Phi) is 4.77. The van der Waals surface area contributed by atoms with E-state index in [0.29, 0.717) is 18.0 Å². The van der Waals surface area contributed by atoms with E-state index in [1.54, 1.807) is 18.3 Å². The first-order valence-corrected chi connectivity index (χ1v) is 6.17. The zero-order valence-corrected chi connectivity index (χ0v) is 10.5. The lowest BCUT2D eigenvalue weighted by Gasteiger charge is -2.08. The zero-order valence-electron chi connectivity index (χ0n) is 10.5. The molecule has 2 aromatic rings. The van der Waals surface area contributed by atoms with Crippen LogP contribution in [0.1, 0.15) is 12.0 Å². The fraction of sp³-hybridized carbons (Fsp3) is 0.200. The number of ether oxygens (including phenoxy) is 1. The molecule has 19 heavy (non-hydrogen) atoms. The third-order valence-electron chi connectivity index (χ3n) is 2.55. The summed E-state index contributed by atoms with van der Waals surface area (Å²) in [6.07, 6.45) is 2.51. The molecule has 96 valence electrons. The summed E-state index contributed by atoms with van der Waals surface area (Å²) in [6, 6.07) is 15.3. The van der Waals surface area contributed by atoms with Crippen LogP contribution in [0.3, 0.4) is 0 Å². The number of rotatable bonds is 6. The lowest BCUT2D eigenvalue weighted by Crippen LogP contribution is -2.09. The number of hydrogen-bond acceptors (Lipinski definition) is 4. The van der Waals surface area contributed by atoms with Crippen molar-refractivity contribution < 1.29 is 4.74 Å². The van der Waals surface area contributed by atoms with Gasteiger partial charge in [-0.05, 0) is 30.7 Å². The van der Waals surface area contributed by atoms with Crippen LogP contribution < -0.4 is 10.1 Å². The minimum Gasteiger partial charge on any atom is -0.494 e. The summed E-state index contributed by atoms with van der Waals surface area (Å²) in [5, 5.41) is 12.1. The van der Waals surface area contributed by atoms with Gasteiger partial charge in [-0.15, -0.1) is 0 Å². The number of nitriles is 1. The molecule has 0 radical (unpaired) electrons. The van der Waals surface area contributed by atoms with Gasteiger partial charge in [0.2, 0.25) is 0 Å². The fourth-order valence-corrected chi connectivity index (χ4v) is 1.62. The number of nitrogens with zero attached hydrogens (tertiary/aromatic N) is 2. The number of para-hydroxylation sites is 1. The number of aromatic nitrogens is 1. The molecule has 0 saturated heterocycles. The van der Waals surface area contributed by atoms with Crippen LogP contribution in [0.15, 0.2) is 48.7 Å². The fourth-order valence-electron chi connectivity index (χ4n) is 1.62. The Morgan fingerprint density at radius 2 is 2.00 bits per heavy atom. The quantitative estimate of drug-likeness (QED) is 0.804. The van der Waals surface area contributed by atoms with Gasteiger partial charge in [-0.3, -0.25) is 0 Å². The summed E-state index contributed by atoms with van der Waals surface area (Å²) in [7, 11) is 0. The Bertz CT molecular complexity index is 549. The second-order valence-electron chi connectivity index (χ2n) is 3.95. The number of nitrogens with one attached hydrogen (secondary N) is 1. The minimum atomic E-state index is 0.562. The van der Waals surface area contributed by atoms with Crippen molar-refractivity contribution in [3.63, 3.8) is 0 Å². The second kappa shape index (κ2) is 7.02. The summed E-state index contributed by atoms with van der Waals surface area (Å²) in [5.74, 6) is 1.50. The number of anilines is 1. The number of pyridine rings is 1. The minimum absolute atomic E-state index is 0.562. The first-order valence-electron chi connectivity index (χ1n) is 6.17. The molecular formula is C15H15N3O. The van der Waals surface area contributed by atoms with Crippen LogP contribution in [0.5, 0.6) is 5.75 Å². The topological polar surface area (TPSA) is 57.9 Å². The van der Waals surface area contributed by atoms with Crippen LogP contribution >= 0.6 is 0 Å². The first kappa shape index (κ1) is 12.9. The summed E-state index contributed by atoms with van der Waals surface area (Å²) in [5.41, 5.74) is 0.562. The Labute approximate surface area is 112 Å².